The molecule has 4 nitrogen and oxygen atoms in total. The van der Waals surface area contributed by atoms with Crippen molar-refractivity contribution in [2.75, 3.05) is 5.32 Å². The molecular weight excluding hydrogens is 188 g/mol. The van der Waals surface area contributed by atoms with Crippen molar-refractivity contribution in [2.45, 2.75) is 13.8 Å². The second-order valence-corrected chi connectivity index (χ2v) is 3.51. The normalized spacial score (nSPS) is 10.3. The highest BCUT2D eigenvalue weighted by molar-refractivity contribution is 5.61. The topological polar surface area (TPSA) is 42.7 Å². The Morgan fingerprint density at radius 1 is 1.27 bits per heavy atom. The maximum absolute atomic E-state index is 4.33. The number of nitrogens with zero attached hydrogens (tertiary/aromatic N) is 3. The minimum Gasteiger partial charge on any atom is -0.337 e. The highest BCUT2D eigenvalue weighted by Gasteiger charge is 2.08. The number of pyridine rings is 1. The molecule has 0 unspecified atom stereocenters. The zero-order chi connectivity index (χ0) is 10.8. The van der Waals surface area contributed by atoms with Gasteiger partial charge in [0, 0.05) is 13.2 Å². The van der Waals surface area contributed by atoms with Crippen molar-refractivity contribution in [1.82, 2.24) is 14.8 Å². The SMILES string of the molecule is Cc1nn(C)c(C)c1Nc1ccccn1. The molecule has 2 heterocycles. The highest BCUT2D eigenvalue weighted by Crippen LogP contribution is 2.21. The van der Waals surface area contributed by atoms with E-state index < -0.39 is 0 Å². The van der Waals surface area contributed by atoms with Gasteiger partial charge in [-0.2, -0.15) is 5.10 Å². The average Bonchev–Trinajstić information content (AvgIpc) is 2.47. The fraction of sp³-hybridized carbons (Fsp3) is 0.273. The molecule has 0 bridgehead atoms. The zero-order valence-electron chi connectivity index (χ0n) is 9.15. The van der Waals surface area contributed by atoms with Gasteiger partial charge in [0.15, 0.2) is 0 Å². The van der Waals surface area contributed by atoms with Crippen LogP contribution in [0.25, 0.3) is 0 Å². The van der Waals surface area contributed by atoms with Crippen LogP contribution in [0.5, 0.6) is 0 Å². The first-order valence-corrected chi connectivity index (χ1v) is 4.86. The van der Waals surface area contributed by atoms with E-state index in [4.69, 9.17) is 0 Å². The van der Waals surface area contributed by atoms with E-state index in [1.807, 2.05) is 43.8 Å². The van der Waals surface area contributed by atoms with Crippen molar-refractivity contribution >= 4 is 11.5 Å². The standard InChI is InChI=1S/C11H14N4/c1-8-11(9(2)15(3)14-8)13-10-6-4-5-7-12-10/h4-7H,1-3H3,(H,12,13). The van der Waals surface area contributed by atoms with Gasteiger partial charge in [0.05, 0.1) is 17.1 Å². The molecule has 0 saturated carbocycles. The predicted octanol–water partition coefficient (Wildman–Crippen LogP) is 2.18. The first kappa shape index (κ1) is 9.71. The van der Waals surface area contributed by atoms with Crippen LogP contribution in [-0.2, 0) is 7.05 Å². The lowest BCUT2D eigenvalue weighted by atomic mass is 10.3. The van der Waals surface area contributed by atoms with E-state index in [2.05, 4.69) is 15.4 Å². The summed E-state index contributed by atoms with van der Waals surface area (Å²) < 4.78 is 1.86. The van der Waals surface area contributed by atoms with Gasteiger partial charge in [-0.3, -0.25) is 4.68 Å². The summed E-state index contributed by atoms with van der Waals surface area (Å²) >= 11 is 0. The third-order valence-electron chi connectivity index (χ3n) is 2.43. The smallest absolute Gasteiger partial charge is 0.130 e. The summed E-state index contributed by atoms with van der Waals surface area (Å²) in [5.41, 5.74) is 3.13. The maximum Gasteiger partial charge on any atom is 0.130 e. The lowest BCUT2D eigenvalue weighted by molar-refractivity contribution is 0.731. The third kappa shape index (κ3) is 1.83. The molecule has 0 spiro atoms. The van der Waals surface area contributed by atoms with Gasteiger partial charge < -0.3 is 5.32 Å². The molecule has 0 aliphatic rings. The van der Waals surface area contributed by atoms with Crippen LogP contribution in [0.15, 0.2) is 24.4 Å². The Labute approximate surface area is 89.0 Å². The van der Waals surface area contributed by atoms with Crippen LogP contribution in [0, 0.1) is 13.8 Å². The molecule has 0 saturated heterocycles. The molecular formula is C11H14N4. The van der Waals surface area contributed by atoms with Gasteiger partial charge in [0.1, 0.15) is 5.82 Å². The number of hydrogen-bond acceptors (Lipinski definition) is 3. The number of aromatic nitrogens is 3. The van der Waals surface area contributed by atoms with E-state index in [-0.39, 0.29) is 0 Å². The van der Waals surface area contributed by atoms with Crippen LogP contribution in [0.1, 0.15) is 11.4 Å². The fourth-order valence-corrected chi connectivity index (χ4v) is 1.52. The van der Waals surface area contributed by atoms with Crippen molar-refractivity contribution in [3.8, 4) is 0 Å². The molecule has 0 atom stereocenters. The van der Waals surface area contributed by atoms with Gasteiger partial charge in [-0.05, 0) is 26.0 Å². The lowest BCUT2D eigenvalue weighted by Gasteiger charge is -2.04. The molecule has 1 N–H and O–H groups in total. The Morgan fingerprint density at radius 3 is 2.60 bits per heavy atom. The van der Waals surface area contributed by atoms with E-state index in [1.54, 1.807) is 6.20 Å². The van der Waals surface area contributed by atoms with Crippen molar-refractivity contribution in [3.05, 3.63) is 35.8 Å². The first-order chi connectivity index (χ1) is 7.18. The van der Waals surface area contributed by atoms with E-state index in [0.717, 1.165) is 22.9 Å². The van der Waals surface area contributed by atoms with Crippen molar-refractivity contribution < 1.29 is 0 Å². The Morgan fingerprint density at radius 2 is 2.07 bits per heavy atom. The number of anilines is 2. The highest BCUT2D eigenvalue weighted by atomic mass is 15.3. The molecule has 0 fully saturated rings. The second kappa shape index (κ2) is 3.73. The maximum atomic E-state index is 4.33. The minimum atomic E-state index is 0.844. The van der Waals surface area contributed by atoms with Gasteiger partial charge >= 0.3 is 0 Å². The Balaban J connectivity index is 2.32. The van der Waals surface area contributed by atoms with Gasteiger partial charge in [0.2, 0.25) is 0 Å². The van der Waals surface area contributed by atoms with E-state index in [9.17, 15) is 0 Å². The quantitative estimate of drug-likeness (QED) is 0.811. The van der Waals surface area contributed by atoms with Gasteiger partial charge in [0.25, 0.3) is 0 Å². The van der Waals surface area contributed by atoms with Crippen molar-refractivity contribution in [1.29, 1.82) is 0 Å². The average molecular weight is 202 g/mol. The summed E-state index contributed by atoms with van der Waals surface area (Å²) in [6, 6.07) is 5.79. The molecule has 2 aromatic heterocycles. The number of rotatable bonds is 2. The Bertz CT molecular complexity index is 459. The van der Waals surface area contributed by atoms with Crippen LogP contribution in [0.3, 0.4) is 0 Å². The van der Waals surface area contributed by atoms with Crippen LogP contribution in [0.4, 0.5) is 11.5 Å². The van der Waals surface area contributed by atoms with Gasteiger partial charge in [-0.25, -0.2) is 4.98 Å². The molecule has 0 amide bonds. The molecule has 78 valence electrons. The van der Waals surface area contributed by atoms with Crippen LogP contribution in [0.2, 0.25) is 0 Å². The summed E-state index contributed by atoms with van der Waals surface area (Å²) in [4.78, 5) is 4.22. The van der Waals surface area contributed by atoms with Crippen LogP contribution in [-0.4, -0.2) is 14.8 Å². The summed E-state index contributed by atoms with van der Waals surface area (Å²) in [5, 5.41) is 7.60. The van der Waals surface area contributed by atoms with E-state index >= 15 is 0 Å². The monoisotopic (exact) mass is 202 g/mol. The summed E-state index contributed by atoms with van der Waals surface area (Å²) in [6.07, 6.45) is 1.77. The molecule has 0 radical (unpaired) electrons. The van der Waals surface area contributed by atoms with E-state index in [1.165, 1.54) is 0 Å². The van der Waals surface area contributed by atoms with Crippen LogP contribution < -0.4 is 5.32 Å². The largest absolute Gasteiger partial charge is 0.337 e. The minimum absolute atomic E-state index is 0.844. The predicted molar refractivity (Wildman–Crippen MR) is 60.2 cm³/mol. The number of aryl methyl sites for hydroxylation is 2. The molecule has 15 heavy (non-hydrogen) atoms. The summed E-state index contributed by atoms with van der Waals surface area (Å²) in [5.74, 6) is 0.844. The zero-order valence-corrected chi connectivity index (χ0v) is 9.15. The number of nitrogens with one attached hydrogen (secondary N) is 1. The molecule has 4 heteroatoms. The molecule has 0 aliphatic carbocycles. The van der Waals surface area contributed by atoms with Crippen molar-refractivity contribution in [3.63, 3.8) is 0 Å². The lowest BCUT2D eigenvalue weighted by Crippen LogP contribution is -1.96. The second-order valence-electron chi connectivity index (χ2n) is 3.51. The third-order valence-corrected chi connectivity index (χ3v) is 2.43. The summed E-state index contributed by atoms with van der Waals surface area (Å²) in [7, 11) is 1.94. The van der Waals surface area contributed by atoms with Gasteiger partial charge in [-0.15, -0.1) is 0 Å². The first-order valence-electron chi connectivity index (χ1n) is 4.86. The van der Waals surface area contributed by atoms with Crippen LogP contribution >= 0.6 is 0 Å². The van der Waals surface area contributed by atoms with E-state index in [0.29, 0.717) is 0 Å². The molecule has 2 rings (SSSR count). The van der Waals surface area contributed by atoms with Gasteiger partial charge in [-0.1, -0.05) is 6.07 Å². The fourth-order valence-electron chi connectivity index (χ4n) is 1.52. The Hall–Kier alpha value is -1.84. The summed E-state index contributed by atoms with van der Waals surface area (Å²) in [6.45, 7) is 4.02. The molecule has 0 aromatic carbocycles. The number of hydrogen-bond donors (Lipinski definition) is 1. The Kier molecular flexibility index (Phi) is 2.41. The molecule has 2 aromatic rings. The molecule has 0 aliphatic heterocycles. The van der Waals surface area contributed by atoms with Crippen molar-refractivity contribution in [2.24, 2.45) is 7.05 Å².